The number of carboxylic acids is 1. The van der Waals surface area contributed by atoms with E-state index in [1.807, 2.05) is 12.1 Å². The first-order valence-electron chi connectivity index (χ1n) is 5.93. The van der Waals surface area contributed by atoms with Crippen molar-refractivity contribution in [1.82, 2.24) is 0 Å². The molecule has 0 atom stereocenters. The van der Waals surface area contributed by atoms with Crippen LogP contribution in [0.15, 0.2) is 18.2 Å². The third-order valence-electron chi connectivity index (χ3n) is 2.81. The highest BCUT2D eigenvalue weighted by Gasteiger charge is 2.07. The highest BCUT2D eigenvalue weighted by molar-refractivity contribution is 5.66. The molecule has 1 aromatic carbocycles. The van der Waals surface area contributed by atoms with Crippen molar-refractivity contribution in [3.63, 3.8) is 0 Å². The molecule has 0 saturated carbocycles. The summed E-state index contributed by atoms with van der Waals surface area (Å²) in [7, 11) is 1.65. The smallest absolute Gasteiger partial charge is 0.303 e. The van der Waals surface area contributed by atoms with Crippen LogP contribution in [0.3, 0.4) is 0 Å². The van der Waals surface area contributed by atoms with Gasteiger partial charge in [0, 0.05) is 6.42 Å². The number of carboxylic acid groups (broad SMARTS) is 1. The van der Waals surface area contributed by atoms with Gasteiger partial charge in [-0.15, -0.1) is 0 Å². The average molecular weight is 236 g/mol. The Kier molecular flexibility index (Phi) is 5.01. The molecule has 0 radical (unpaired) electrons. The molecule has 0 saturated heterocycles. The first-order valence-corrected chi connectivity index (χ1v) is 5.93. The Morgan fingerprint density at radius 1 is 1.41 bits per heavy atom. The summed E-state index contributed by atoms with van der Waals surface area (Å²) in [6.45, 7) is 4.28. The van der Waals surface area contributed by atoms with E-state index in [1.54, 1.807) is 7.11 Å². The number of carbonyl (C=O) groups is 1. The summed E-state index contributed by atoms with van der Waals surface area (Å²) < 4.78 is 5.35. The van der Waals surface area contributed by atoms with E-state index in [1.165, 1.54) is 5.56 Å². The van der Waals surface area contributed by atoms with Gasteiger partial charge in [0.2, 0.25) is 0 Å². The molecule has 0 aliphatic carbocycles. The summed E-state index contributed by atoms with van der Waals surface area (Å²) >= 11 is 0. The molecular formula is C14H20O3. The molecule has 1 aromatic rings. The second-order valence-electron chi connectivity index (χ2n) is 4.47. The van der Waals surface area contributed by atoms with Crippen LogP contribution in [0.4, 0.5) is 0 Å². The fourth-order valence-electron chi connectivity index (χ4n) is 1.76. The number of ether oxygens (including phenoxy) is 1. The van der Waals surface area contributed by atoms with Crippen molar-refractivity contribution in [1.29, 1.82) is 0 Å². The molecule has 0 bridgehead atoms. The Labute approximate surface area is 102 Å². The van der Waals surface area contributed by atoms with Crippen molar-refractivity contribution < 1.29 is 14.6 Å². The van der Waals surface area contributed by atoms with Gasteiger partial charge < -0.3 is 9.84 Å². The molecule has 0 amide bonds. The summed E-state index contributed by atoms with van der Waals surface area (Å²) in [6, 6.07) is 6.17. The van der Waals surface area contributed by atoms with E-state index >= 15 is 0 Å². The van der Waals surface area contributed by atoms with Gasteiger partial charge in [-0.2, -0.15) is 0 Å². The molecule has 1 rings (SSSR count). The summed E-state index contributed by atoms with van der Waals surface area (Å²) in [5.74, 6) is 0.585. The van der Waals surface area contributed by atoms with Crippen LogP contribution in [-0.4, -0.2) is 18.2 Å². The van der Waals surface area contributed by atoms with Crippen LogP contribution in [0.25, 0.3) is 0 Å². The van der Waals surface area contributed by atoms with E-state index in [0.717, 1.165) is 17.7 Å². The number of aryl methyl sites for hydroxylation is 1. The molecule has 0 unspecified atom stereocenters. The average Bonchev–Trinajstić information content (AvgIpc) is 2.28. The minimum absolute atomic E-state index is 0.203. The van der Waals surface area contributed by atoms with Gasteiger partial charge in [0.25, 0.3) is 0 Å². The zero-order valence-electron chi connectivity index (χ0n) is 10.7. The van der Waals surface area contributed by atoms with E-state index in [2.05, 4.69) is 19.9 Å². The van der Waals surface area contributed by atoms with E-state index in [0.29, 0.717) is 12.3 Å². The van der Waals surface area contributed by atoms with E-state index < -0.39 is 5.97 Å². The number of hydrogen-bond acceptors (Lipinski definition) is 2. The van der Waals surface area contributed by atoms with Crippen molar-refractivity contribution in [3.05, 3.63) is 29.3 Å². The lowest BCUT2D eigenvalue weighted by molar-refractivity contribution is -0.137. The number of rotatable bonds is 6. The van der Waals surface area contributed by atoms with Gasteiger partial charge in [-0.1, -0.05) is 26.0 Å². The Morgan fingerprint density at radius 3 is 2.65 bits per heavy atom. The van der Waals surface area contributed by atoms with Gasteiger partial charge >= 0.3 is 5.97 Å². The fraction of sp³-hybridized carbons (Fsp3) is 0.500. The third-order valence-corrected chi connectivity index (χ3v) is 2.81. The van der Waals surface area contributed by atoms with Gasteiger partial charge in [0.15, 0.2) is 0 Å². The Hall–Kier alpha value is -1.51. The molecule has 0 aliphatic heterocycles. The van der Waals surface area contributed by atoms with Crippen LogP contribution in [0.5, 0.6) is 5.75 Å². The molecule has 1 N–H and O–H groups in total. The van der Waals surface area contributed by atoms with Crippen molar-refractivity contribution in [2.75, 3.05) is 7.11 Å². The lowest BCUT2D eigenvalue weighted by Gasteiger charge is -2.12. The first-order chi connectivity index (χ1) is 8.04. The Balaban J connectivity index is 2.74. The van der Waals surface area contributed by atoms with Crippen molar-refractivity contribution >= 4 is 5.97 Å². The lowest BCUT2D eigenvalue weighted by Crippen LogP contribution is -1.99. The van der Waals surface area contributed by atoms with Crippen LogP contribution in [-0.2, 0) is 11.2 Å². The monoisotopic (exact) mass is 236 g/mol. The maximum Gasteiger partial charge on any atom is 0.303 e. The van der Waals surface area contributed by atoms with Crippen LogP contribution in [0, 0.1) is 0 Å². The van der Waals surface area contributed by atoms with E-state index in [-0.39, 0.29) is 6.42 Å². The molecule has 0 spiro atoms. The molecule has 3 heteroatoms. The second-order valence-corrected chi connectivity index (χ2v) is 4.47. The lowest BCUT2D eigenvalue weighted by atomic mass is 9.99. The van der Waals surface area contributed by atoms with Gasteiger partial charge in [0.05, 0.1) is 7.11 Å². The molecule has 0 fully saturated rings. The van der Waals surface area contributed by atoms with Gasteiger partial charge in [0.1, 0.15) is 5.75 Å². The first kappa shape index (κ1) is 13.6. The number of benzene rings is 1. The predicted molar refractivity (Wildman–Crippen MR) is 67.7 cm³/mol. The summed E-state index contributed by atoms with van der Waals surface area (Å²) in [5.41, 5.74) is 2.32. The third kappa shape index (κ3) is 4.10. The standard InChI is InChI=1S/C14H20O3/c1-10(2)12-8-7-11(13(9-12)17-3)5-4-6-14(15)16/h7-10H,4-6H2,1-3H3,(H,15,16). The van der Waals surface area contributed by atoms with Gasteiger partial charge in [-0.05, 0) is 36.0 Å². The van der Waals surface area contributed by atoms with Gasteiger partial charge in [-0.3, -0.25) is 4.79 Å². The molecule has 94 valence electrons. The second kappa shape index (κ2) is 6.28. The number of methoxy groups -OCH3 is 1. The topological polar surface area (TPSA) is 46.5 Å². The largest absolute Gasteiger partial charge is 0.496 e. The summed E-state index contributed by atoms with van der Waals surface area (Å²) in [5, 5.41) is 8.60. The fourth-order valence-corrected chi connectivity index (χ4v) is 1.76. The maximum absolute atomic E-state index is 10.5. The molecule has 3 nitrogen and oxygen atoms in total. The van der Waals surface area contributed by atoms with Gasteiger partial charge in [-0.25, -0.2) is 0 Å². The molecule has 0 aromatic heterocycles. The Morgan fingerprint density at radius 2 is 2.12 bits per heavy atom. The summed E-state index contributed by atoms with van der Waals surface area (Å²) in [6.07, 6.45) is 1.59. The van der Waals surface area contributed by atoms with Crippen LogP contribution >= 0.6 is 0 Å². The normalized spacial score (nSPS) is 10.6. The zero-order chi connectivity index (χ0) is 12.8. The predicted octanol–water partition coefficient (Wildman–Crippen LogP) is 3.23. The quantitative estimate of drug-likeness (QED) is 0.824. The van der Waals surface area contributed by atoms with Crippen LogP contribution < -0.4 is 4.74 Å². The number of hydrogen-bond donors (Lipinski definition) is 1. The van der Waals surface area contributed by atoms with Crippen molar-refractivity contribution in [2.45, 2.75) is 39.0 Å². The molecular weight excluding hydrogens is 216 g/mol. The summed E-state index contributed by atoms with van der Waals surface area (Å²) in [4.78, 5) is 10.5. The Bertz CT molecular complexity index is 383. The molecule has 0 aliphatic rings. The molecule has 17 heavy (non-hydrogen) atoms. The molecule has 0 heterocycles. The van der Waals surface area contributed by atoms with Crippen molar-refractivity contribution in [2.24, 2.45) is 0 Å². The maximum atomic E-state index is 10.5. The number of aliphatic carboxylic acids is 1. The van der Waals surface area contributed by atoms with Crippen molar-refractivity contribution in [3.8, 4) is 5.75 Å². The van der Waals surface area contributed by atoms with E-state index in [4.69, 9.17) is 9.84 Å². The van der Waals surface area contributed by atoms with Crippen LogP contribution in [0.1, 0.15) is 43.7 Å². The zero-order valence-corrected chi connectivity index (χ0v) is 10.7. The van der Waals surface area contributed by atoms with E-state index in [9.17, 15) is 4.79 Å². The SMILES string of the molecule is COc1cc(C(C)C)ccc1CCCC(=O)O. The van der Waals surface area contributed by atoms with Crippen LogP contribution in [0.2, 0.25) is 0 Å². The minimum atomic E-state index is -0.747. The highest BCUT2D eigenvalue weighted by atomic mass is 16.5. The highest BCUT2D eigenvalue weighted by Crippen LogP contribution is 2.25. The minimum Gasteiger partial charge on any atom is -0.496 e.